The molecule has 4 heteroatoms. The molecule has 1 aromatic rings. The molecule has 4 nitrogen and oxygen atoms in total. The van der Waals surface area contributed by atoms with Crippen LogP contribution in [0.5, 0.6) is 0 Å². The predicted molar refractivity (Wildman–Crippen MR) is 83.8 cm³/mol. The van der Waals surface area contributed by atoms with Gasteiger partial charge in [-0.25, -0.2) is 0 Å². The van der Waals surface area contributed by atoms with Crippen LogP contribution >= 0.6 is 0 Å². The highest BCUT2D eigenvalue weighted by molar-refractivity contribution is 5.92. The van der Waals surface area contributed by atoms with E-state index in [1.165, 1.54) is 0 Å². The average Bonchev–Trinajstić information content (AvgIpc) is 2.47. The first-order chi connectivity index (χ1) is 10.1. The van der Waals surface area contributed by atoms with Crippen LogP contribution in [0.2, 0.25) is 0 Å². The molecule has 1 aliphatic carbocycles. The number of nitrogens with one attached hydrogen (secondary N) is 2. The smallest absolute Gasteiger partial charge is 0.227 e. The fourth-order valence-corrected chi connectivity index (χ4v) is 2.79. The zero-order valence-electron chi connectivity index (χ0n) is 12.8. The highest BCUT2D eigenvalue weighted by Crippen LogP contribution is 2.29. The molecule has 1 aliphatic rings. The lowest BCUT2D eigenvalue weighted by Crippen LogP contribution is -2.38. The van der Waals surface area contributed by atoms with Crippen molar-refractivity contribution in [2.45, 2.75) is 45.6 Å². The van der Waals surface area contributed by atoms with E-state index in [0.29, 0.717) is 0 Å². The minimum atomic E-state index is 0.0216. The van der Waals surface area contributed by atoms with Gasteiger partial charge in [-0.3, -0.25) is 9.59 Å². The maximum absolute atomic E-state index is 12.2. The van der Waals surface area contributed by atoms with Crippen LogP contribution < -0.4 is 10.6 Å². The van der Waals surface area contributed by atoms with Crippen LogP contribution in [0.1, 0.15) is 39.5 Å². The van der Waals surface area contributed by atoms with Gasteiger partial charge in [0.05, 0.1) is 0 Å². The van der Waals surface area contributed by atoms with Crippen molar-refractivity contribution in [3.63, 3.8) is 0 Å². The number of anilines is 1. The summed E-state index contributed by atoms with van der Waals surface area (Å²) in [6, 6.07) is 9.69. The van der Waals surface area contributed by atoms with Gasteiger partial charge in [0.25, 0.3) is 0 Å². The second-order valence-electron chi connectivity index (χ2n) is 6.07. The van der Waals surface area contributed by atoms with Crippen molar-refractivity contribution >= 4 is 17.5 Å². The van der Waals surface area contributed by atoms with Gasteiger partial charge in [-0.15, -0.1) is 0 Å². The van der Waals surface area contributed by atoms with Crippen LogP contribution in [0, 0.1) is 11.8 Å². The summed E-state index contributed by atoms with van der Waals surface area (Å²) in [6.45, 7) is 3.94. The first kappa shape index (κ1) is 15.5. The molecule has 1 aromatic carbocycles. The Labute approximate surface area is 126 Å². The Bertz CT molecular complexity index is 477. The zero-order valence-corrected chi connectivity index (χ0v) is 12.8. The van der Waals surface area contributed by atoms with Crippen LogP contribution in [0.4, 0.5) is 5.69 Å². The molecule has 0 saturated heterocycles. The van der Waals surface area contributed by atoms with E-state index in [2.05, 4.69) is 10.6 Å². The molecule has 0 atom stereocenters. The molecule has 0 heterocycles. The summed E-state index contributed by atoms with van der Waals surface area (Å²) in [5, 5.41) is 5.91. The first-order valence-corrected chi connectivity index (χ1v) is 7.72. The molecule has 0 aliphatic heterocycles. The lowest BCUT2D eigenvalue weighted by atomic mass is 9.81. The maximum Gasteiger partial charge on any atom is 0.227 e. The second kappa shape index (κ2) is 7.25. The Morgan fingerprint density at radius 3 is 2.00 bits per heavy atom. The monoisotopic (exact) mass is 288 g/mol. The molecule has 0 bridgehead atoms. The van der Waals surface area contributed by atoms with E-state index in [9.17, 15) is 9.59 Å². The van der Waals surface area contributed by atoms with Crippen molar-refractivity contribution in [3.8, 4) is 0 Å². The Hall–Kier alpha value is -1.84. The minimum absolute atomic E-state index is 0.0216. The third-order valence-corrected chi connectivity index (χ3v) is 3.94. The molecule has 0 aromatic heterocycles. The molecule has 0 radical (unpaired) electrons. The van der Waals surface area contributed by atoms with Gasteiger partial charge in [-0.1, -0.05) is 18.2 Å². The molecule has 2 rings (SSSR count). The Morgan fingerprint density at radius 1 is 0.952 bits per heavy atom. The molecule has 1 fully saturated rings. The normalized spacial score (nSPS) is 21.9. The van der Waals surface area contributed by atoms with Gasteiger partial charge < -0.3 is 10.6 Å². The van der Waals surface area contributed by atoms with Gasteiger partial charge >= 0.3 is 0 Å². The van der Waals surface area contributed by atoms with Gasteiger partial charge in [0, 0.05) is 23.6 Å². The van der Waals surface area contributed by atoms with Crippen molar-refractivity contribution in [3.05, 3.63) is 30.3 Å². The molecule has 1 saturated carbocycles. The van der Waals surface area contributed by atoms with E-state index in [0.717, 1.165) is 31.4 Å². The summed E-state index contributed by atoms with van der Waals surface area (Å²) in [4.78, 5) is 24.2. The Kier molecular flexibility index (Phi) is 5.37. The van der Waals surface area contributed by atoms with Crippen LogP contribution in [-0.4, -0.2) is 17.9 Å². The lowest BCUT2D eigenvalue weighted by Gasteiger charge is -2.27. The number of hydrogen-bond acceptors (Lipinski definition) is 2. The molecule has 21 heavy (non-hydrogen) atoms. The van der Waals surface area contributed by atoms with Crippen molar-refractivity contribution in [2.75, 3.05) is 5.32 Å². The Morgan fingerprint density at radius 2 is 1.48 bits per heavy atom. The number of benzene rings is 1. The third-order valence-electron chi connectivity index (χ3n) is 3.94. The minimum Gasteiger partial charge on any atom is -0.354 e. The number of hydrogen-bond donors (Lipinski definition) is 2. The highest BCUT2D eigenvalue weighted by atomic mass is 16.2. The first-order valence-electron chi connectivity index (χ1n) is 7.72. The van der Waals surface area contributed by atoms with Crippen LogP contribution in [0.15, 0.2) is 30.3 Å². The van der Waals surface area contributed by atoms with Crippen LogP contribution in [0.25, 0.3) is 0 Å². The van der Waals surface area contributed by atoms with Crippen molar-refractivity contribution < 1.29 is 9.59 Å². The largest absolute Gasteiger partial charge is 0.354 e. The maximum atomic E-state index is 12.2. The standard InChI is InChI=1S/C17H24N2O2/c1-12(2)18-16(20)13-8-10-14(11-9-13)17(21)19-15-6-4-3-5-7-15/h3-7,12-14H,8-11H2,1-2H3,(H,18,20)(H,19,21). The number of rotatable bonds is 4. The van der Waals surface area contributed by atoms with Crippen LogP contribution in [0.3, 0.4) is 0 Å². The molecule has 0 unspecified atom stereocenters. The van der Waals surface area contributed by atoms with E-state index in [1.54, 1.807) is 0 Å². The van der Waals surface area contributed by atoms with Gasteiger partial charge in [-0.05, 0) is 51.7 Å². The van der Waals surface area contributed by atoms with E-state index in [-0.39, 0.29) is 29.7 Å². The highest BCUT2D eigenvalue weighted by Gasteiger charge is 2.30. The second-order valence-corrected chi connectivity index (χ2v) is 6.07. The predicted octanol–water partition coefficient (Wildman–Crippen LogP) is 2.96. The summed E-state index contributed by atoms with van der Waals surface area (Å²) in [7, 11) is 0. The fraction of sp³-hybridized carbons (Fsp3) is 0.529. The summed E-state index contributed by atoms with van der Waals surface area (Å²) in [5.41, 5.74) is 0.835. The summed E-state index contributed by atoms with van der Waals surface area (Å²) in [5.74, 6) is 0.289. The average molecular weight is 288 g/mol. The quantitative estimate of drug-likeness (QED) is 0.895. The van der Waals surface area contributed by atoms with Gasteiger partial charge in [0.15, 0.2) is 0 Å². The summed E-state index contributed by atoms with van der Waals surface area (Å²) < 4.78 is 0. The summed E-state index contributed by atoms with van der Waals surface area (Å²) in [6.07, 6.45) is 3.17. The van der Waals surface area contributed by atoms with E-state index < -0.39 is 0 Å². The molecule has 2 amide bonds. The van der Waals surface area contributed by atoms with Crippen molar-refractivity contribution in [1.29, 1.82) is 0 Å². The van der Waals surface area contributed by atoms with E-state index in [4.69, 9.17) is 0 Å². The third kappa shape index (κ3) is 4.59. The molecular weight excluding hydrogens is 264 g/mol. The topological polar surface area (TPSA) is 58.2 Å². The Balaban J connectivity index is 1.81. The SMILES string of the molecule is CC(C)NC(=O)C1CCC(C(=O)Nc2ccccc2)CC1. The number of carbonyl (C=O) groups is 2. The molecular formula is C17H24N2O2. The molecule has 0 spiro atoms. The molecule has 114 valence electrons. The van der Waals surface area contributed by atoms with Gasteiger partial charge in [-0.2, -0.15) is 0 Å². The van der Waals surface area contributed by atoms with Crippen molar-refractivity contribution in [1.82, 2.24) is 5.32 Å². The van der Waals surface area contributed by atoms with E-state index >= 15 is 0 Å². The number of para-hydroxylation sites is 1. The molecule has 2 N–H and O–H groups in total. The fourth-order valence-electron chi connectivity index (χ4n) is 2.79. The summed E-state index contributed by atoms with van der Waals surface area (Å²) >= 11 is 0. The van der Waals surface area contributed by atoms with Gasteiger partial charge in [0.2, 0.25) is 11.8 Å². The van der Waals surface area contributed by atoms with Crippen LogP contribution in [-0.2, 0) is 9.59 Å². The van der Waals surface area contributed by atoms with Crippen molar-refractivity contribution in [2.24, 2.45) is 11.8 Å². The lowest BCUT2D eigenvalue weighted by molar-refractivity contribution is -0.128. The number of amides is 2. The number of carbonyl (C=O) groups excluding carboxylic acids is 2. The van der Waals surface area contributed by atoms with Gasteiger partial charge in [0.1, 0.15) is 0 Å². The zero-order chi connectivity index (χ0) is 15.2. The van der Waals surface area contributed by atoms with E-state index in [1.807, 2.05) is 44.2 Å².